The van der Waals surface area contributed by atoms with Gasteiger partial charge in [0.1, 0.15) is 5.92 Å². The number of carbonyl (C=O) groups is 1. The standard InChI is InChI=1S/C20H17N5O2S/c1-13(22)16(9-21)18(26)12-28-20-24-17-7-3-2-6-15(17)19(27)25(20)11-14-5-4-8-23-10-14/h2-8,10,16,22H,11-12H2,1H3. The van der Waals surface area contributed by atoms with Crippen molar-refractivity contribution in [3.05, 3.63) is 64.7 Å². The van der Waals surface area contributed by atoms with E-state index in [4.69, 9.17) is 10.7 Å². The first-order chi connectivity index (χ1) is 13.5. The predicted molar refractivity (Wildman–Crippen MR) is 108 cm³/mol. The van der Waals surface area contributed by atoms with Gasteiger partial charge >= 0.3 is 0 Å². The van der Waals surface area contributed by atoms with E-state index in [0.29, 0.717) is 16.1 Å². The molecule has 1 atom stereocenters. The molecule has 2 heterocycles. The summed E-state index contributed by atoms with van der Waals surface area (Å²) in [6.07, 6.45) is 3.33. The molecule has 0 fully saturated rings. The first kappa shape index (κ1) is 19.5. The zero-order valence-electron chi connectivity index (χ0n) is 15.1. The lowest BCUT2D eigenvalue weighted by atomic mass is 10.0. The number of benzene rings is 1. The summed E-state index contributed by atoms with van der Waals surface area (Å²) in [5.74, 6) is -1.51. The van der Waals surface area contributed by atoms with Crippen LogP contribution in [0, 0.1) is 22.7 Å². The fraction of sp³-hybridized carbons (Fsp3) is 0.200. The Morgan fingerprint density at radius 2 is 2.11 bits per heavy atom. The van der Waals surface area contributed by atoms with Gasteiger partial charge < -0.3 is 5.41 Å². The third-order valence-corrected chi connectivity index (χ3v) is 5.12. The Morgan fingerprint density at radius 1 is 1.32 bits per heavy atom. The van der Waals surface area contributed by atoms with Crippen molar-refractivity contribution in [2.75, 3.05) is 5.75 Å². The molecule has 1 unspecified atom stereocenters. The topological polar surface area (TPSA) is 112 Å². The Balaban J connectivity index is 1.99. The van der Waals surface area contributed by atoms with Crippen LogP contribution in [0.4, 0.5) is 0 Å². The highest BCUT2D eigenvalue weighted by Crippen LogP contribution is 2.20. The summed E-state index contributed by atoms with van der Waals surface area (Å²) in [7, 11) is 0. The Hall–Kier alpha value is -3.31. The van der Waals surface area contributed by atoms with Crippen LogP contribution in [-0.2, 0) is 11.3 Å². The number of hydrogen-bond donors (Lipinski definition) is 1. The average molecular weight is 391 g/mol. The summed E-state index contributed by atoms with van der Waals surface area (Å²) in [6.45, 7) is 1.70. The normalized spacial score (nSPS) is 11.7. The van der Waals surface area contributed by atoms with Gasteiger partial charge in [-0.15, -0.1) is 0 Å². The number of carbonyl (C=O) groups excluding carboxylic acids is 1. The zero-order chi connectivity index (χ0) is 20.1. The maximum atomic E-state index is 13.0. The largest absolute Gasteiger partial charge is 0.308 e. The molecule has 1 N–H and O–H groups in total. The lowest BCUT2D eigenvalue weighted by Gasteiger charge is -2.13. The summed E-state index contributed by atoms with van der Waals surface area (Å²) >= 11 is 1.10. The molecule has 0 bridgehead atoms. The maximum Gasteiger partial charge on any atom is 0.262 e. The quantitative estimate of drug-likeness (QED) is 0.376. The molecule has 28 heavy (non-hydrogen) atoms. The number of Topliss-reactive ketones (excluding diaryl/α,β-unsaturated/α-hetero) is 1. The van der Waals surface area contributed by atoms with E-state index in [1.807, 2.05) is 12.1 Å². The van der Waals surface area contributed by atoms with Crippen molar-refractivity contribution in [1.29, 1.82) is 10.7 Å². The van der Waals surface area contributed by atoms with Crippen LogP contribution in [0.3, 0.4) is 0 Å². The predicted octanol–water partition coefficient (Wildman–Crippen LogP) is 2.68. The molecular weight excluding hydrogens is 374 g/mol. The monoisotopic (exact) mass is 391 g/mol. The molecule has 0 saturated heterocycles. The van der Waals surface area contributed by atoms with Gasteiger partial charge in [0.15, 0.2) is 10.9 Å². The van der Waals surface area contributed by atoms with Gasteiger partial charge in [-0.3, -0.25) is 19.1 Å². The molecular formula is C20H17N5O2S. The van der Waals surface area contributed by atoms with Crippen molar-refractivity contribution in [3.8, 4) is 6.07 Å². The zero-order valence-corrected chi connectivity index (χ0v) is 15.9. The summed E-state index contributed by atoms with van der Waals surface area (Å²) in [5, 5.41) is 17.5. The van der Waals surface area contributed by atoms with Crippen molar-refractivity contribution < 1.29 is 4.79 Å². The van der Waals surface area contributed by atoms with Crippen molar-refractivity contribution in [3.63, 3.8) is 0 Å². The van der Waals surface area contributed by atoms with E-state index in [2.05, 4.69) is 9.97 Å². The van der Waals surface area contributed by atoms with Gasteiger partial charge in [0, 0.05) is 18.1 Å². The van der Waals surface area contributed by atoms with E-state index < -0.39 is 5.92 Å². The molecule has 0 aliphatic rings. The summed E-state index contributed by atoms with van der Waals surface area (Å²) < 4.78 is 1.51. The number of nitrogens with zero attached hydrogens (tertiary/aromatic N) is 4. The number of rotatable bonds is 7. The minimum Gasteiger partial charge on any atom is -0.308 e. The first-order valence-electron chi connectivity index (χ1n) is 8.50. The number of hydrogen-bond acceptors (Lipinski definition) is 7. The van der Waals surface area contributed by atoms with Crippen molar-refractivity contribution >= 4 is 34.2 Å². The maximum absolute atomic E-state index is 13.0. The van der Waals surface area contributed by atoms with Gasteiger partial charge in [0.25, 0.3) is 5.56 Å². The van der Waals surface area contributed by atoms with E-state index in [1.165, 1.54) is 11.5 Å². The summed E-state index contributed by atoms with van der Waals surface area (Å²) in [4.78, 5) is 33.9. The number of thioether (sulfide) groups is 1. The lowest BCUT2D eigenvalue weighted by molar-refractivity contribution is -0.117. The number of nitriles is 1. The number of ketones is 1. The Labute approximate surface area is 165 Å². The molecule has 8 heteroatoms. The van der Waals surface area contributed by atoms with Crippen LogP contribution in [0.15, 0.2) is 58.7 Å². The second-order valence-corrected chi connectivity index (χ2v) is 7.11. The number of fused-ring (bicyclic) bond motifs is 1. The fourth-order valence-electron chi connectivity index (χ4n) is 2.70. The second-order valence-electron chi connectivity index (χ2n) is 6.16. The Morgan fingerprint density at radius 3 is 2.79 bits per heavy atom. The minimum absolute atomic E-state index is 0.00678. The van der Waals surface area contributed by atoms with Gasteiger partial charge in [0.05, 0.1) is 29.3 Å². The molecule has 2 aromatic heterocycles. The molecule has 0 saturated carbocycles. The molecule has 1 aromatic carbocycles. The first-order valence-corrected chi connectivity index (χ1v) is 9.48. The molecule has 0 spiro atoms. The highest BCUT2D eigenvalue weighted by Gasteiger charge is 2.21. The van der Waals surface area contributed by atoms with Crippen LogP contribution in [0.1, 0.15) is 12.5 Å². The van der Waals surface area contributed by atoms with Crippen LogP contribution < -0.4 is 5.56 Å². The van der Waals surface area contributed by atoms with Crippen molar-refractivity contribution in [2.24, 2.45) is 5.92 Å². The van der Waals surface area contributed by atoms with E-state index in [-0.39, 0.29) is 29.4 Å². The average Bonchev–Trinajstić information content (AvgIpc) is 2.70. The highest BCUT2D eigenvalue weighted by atomic mass is 32.2. The van der Waals surface area contributed by atoms with Crippen LogP contribution in [-0.4, -0.2) is 31.8 Å². The molecule has 0 amide bonds. The SMILES string of the molecule is CC(=N)C(C#N)C(=O)CSc1nc2ccccc2c(=O)n1Cc1cccnc1. The van der Waals surface area contributed by atoms with Crippen molar-refractivity contribution in [1.82, 2.24) is 14.5 Å². The van der Waals surface area contributed by atoms with Crippen LogP contribution in [0.5, 0.6) is 0 Å². The van der Waals surface area contributed by atoms with E-state index in [1.54, 1.807) is 42.7 Å². The third-order valence-electron chi connectivity index (χ3n) is 4.12. The summed E-state index contributed by atoms with van der Waals surface area (Å²) in [5.41, 5.74) is 1.18. The smallest absolute Gasteiger partial charge is 0.262 e. The third kappa shape index (κ3) is 4.15. The second kappa shape index (κ2) is 8.59. The molecule has 3 aromatic rings. The molecule has 140 valence electrons. The number of nitrogens with one attached hydrogen (secondary N) is 1. The molecule has 0 radical (unpaired) electrons. The minimum atomic E-state index is -1.08. The highest BCUT2D eigenvalue weighted by molar-refractivity contribution is 7.99. The molecule has 3 rings (SSSR count). The molecule has 7 nitrogen and oxygen atoms in total. The van der Waals surface area contributed by atoms with Crippen LogP contribution >= 0.6 is 11.8 Å². The van der Waals surface area contributed by atoms with Gasteiger partial charge in [-0.2, -0.15) is 5.26 Å². The van der Waals surface area contributed by atoms with E-state index in [0.717, 1.165) is 17.3 Å². The van der Waals surface area contributed by atoms with Crippen LogP contribution in [0.25, 0.3) is 10.9 Å². The van der Waals surface area contributed by atoms with Gasteiger partial charge in [-0.05, 0) is 30.7 Å². The number of aromatic nitrogens is 3. The van der Waals surface area contributed by atoms with Gasteiger partial charge in [-0.25, -0.2) is 4.98 Å². The van der Waals surface area contributed by atoms with Gasteiger partial charge in [0.2, 0.25) is 0 Å². The van der Waals surface area contributed by atoms with Gasteiger partial charge in [-0.1, -0.05) is 30.0 Å². The number of pyridine rings is 1. The fourth-order valence-corrected chi connectivity index (χ4v) is 3.61. The summed E-state index contributed by atoms with van der Waals surface area (Å²) in [6, 6.07) is 12.5. The lowest BCUT2D eigenvalue weighted by Crippen LogP contribution is -2.25. The Kier molecular flexibility index (Phi) is 5.96. The number of para-hydroxylation sites is 1. The van der Waals surface area contributed by atoms with Crippen molar-refractivity contribution in [2.45, 2.75) is 18.6 Å². The van der Waals surface area contributed by atoms with E-state index >= 15 is 0 Å². The van der Waals surface area contributed by atoms with E-state index in [9.17, 15) is 9.59 Å². The molecule has 0 aliphatic heterocycles. The Bertz CT molecular complexity index is 1130. The molecule has 0 aliphatic carbocycles. The van der Waals surface area contributed by atoms with Crippen LogP contribution in [0.2, 0.25) is 0 Å².